The molecule has 5 rings (SSSR count). The van der Waals surface area contributed by atoms with E-state index >= 15 is 0 Å². The van der Waals surface area contributed by atoms with Crippen molar-refractivity contribution < 1.29 is 4.74 Å². The molecule has 3 aromatic carbocycles. The molecule has 0 aliphatic carbocycles. The van der Waals surface area contributed by atoms with Crippen molar-refractivity contribution in [1.82, 2.24) is 5.01 Å². The van der Waals surface area contributed by atoms with Gasteiger partial charge in [0.05, 0.1) is 11.8 Å². The zero-order chi connectivity index (χ0) is 18.4. The standard InChI is InChI=1S/C23H19BrN2O/c1-15-7-9-17(10-8-15)23-26-21(19-13-18(24)11-12-22(19)27-23)14-20(25-26)16-5-3-2-4-6-16/h2-13,21,23H,14H2,1H3/t21-,23+/m1/s1. The number of aryl methyl sites for hydroxylation is 1. The maximum atomic E-state index is 6.41. The van der Waals surface area contributed by atoms with E-state index in [9.17, 15) is 0 Å². The zero-order valence-corrected chi connectivity index (χ0v) is 16.6. The molecule has 0 bridgehead atoms. The fourth-order valence-electron chi connectivity index (χ4n) is 3.81. The van der Waals surface area contributed by atoms with Crippen molar-refractivity contribution in [3.63, 3.8) is 0 Å². The van der Waals surface area contributed by atoms with Crippen molar-refractivity contribution in [3.05, 3.63) is 99.5 Å². The molecule has 0 saturated carbocycles. The van der Waals surface area contributed by atoms with Crippen LogP contribution in [0.4, 0.5) is 0 Å². The predicted molar refractivity (Wildman–Crippen MR) is 111 cm³/mol. The van der Waals surface area contributed by atoms with Gasteiger partial charge in [-0.15, -0.1) is 0 Å². The van der Waals surface area contributed by atoms with Gasteiger partial charge in [-0.1, -0.05) is 76.1 Å². The third-order valence-corrected chi connectivity index (χ3v) is 5.71. The molecule has 0 amide bonds. The molecular formula is C23H19BrN2O. The second-order valence-electron chi connectivity index (χ2n) is 7.08. The highest BCUT2D eigenvalue weighted by molar-refractivity contribution is 9.10. The van der Waals surface area contributed by atoms with Gasteiger partial charge in [-0.3, -0.25) is 0 Å². The SMILES string of the molecule is Cc1ccc([C@@H]2Oc3ccc(Br)cc3[C@H]3CC(c4ccccc4)=NN32)cc1. The first-order chi connectivity index (χ1) is 13.2. The van der Waals surface area contributed by atoms with Crippen LogP contribution >= 0.6 is 15.9 Å². The summed E-state index contributed by atoms with van der Waals surface area (Å²) in [4.78, 5) is 0. The van der Waals surface area contributed by atoms with Crippen LogP contribution in [0.5, 0.6) is 5.75 Å². The van der Waals surface area contributed by atoms with E-state index in [2.05, 4.69) is 88.5 Å². The number of hydrogen-bond donors (Lipinski definition) is 0. The lowest BCUT2D eigenvalue weighted by molar-refractivity contribution is -0.0190. The molecule has 0 fully saturated rings. The number of nitrogens with zero attached hydrogens (tertiary/aromatic N) is 2. The van der Waals surface area contributed by atoms with Gasteiger partial charge in [0.2, 0.25) is 6.23 Å². The lowest BCUT2D eigenvalue weighted by Crippen LogP contribution is -2.33. The molecule has 0 aromatic heterocycles. The molecule has 4 heteroatoms. The lowest BCUT2D eigenvalue weighted by atomic mass is 9.96. The second kappa shape index (κ2) is 6.54. The topological polar surface area (TPSA) is 24.8 Å². The summed E-state index contributed by atoms with van der Waals surface area (Å²) in [5.41, 5.74) is 5.82. The molecule has 2 atom stereocenters. The third kappa shape index (κ3) is 2.94. The number of fused-ring (bicyclic) bond motifs is 3. The molecule has 2 aliphatic rings. The van der Waals surface area contributed by atoms with Crippen LogP contribution in [0.2, 0.25) is 0 Å². The van der Waals surface area contributed by atoms with E-state index < -0.39 is 0 Å². The van der Waals surface area contributed by atoms with Gasteiger partial charge < -0.3 is 4.74 Å². The van der Waals surface area contributed by atoms with E-state index in [4.69, 9.17) is 9.84 Å². The summed E-state index contributed by atoms with van der Waals surface area (Å²) in [5, 5.41) is 7.13. The van der Waals surface area contributed by atoms with E-state index in [1.165, 1.54) is 16.7 Å². The minimum Gasteiger partial charge on any atom is -0.464 e. The molecule has 27 heavy (non-hydrogen) atoms. The molecule has 3 nitrogen and oxygen atoms in total. The summed E-state index contributed by atoms with van der Waals surface area (Å²) in [7, 11) is 0. The maximum Gasteiger partial charge on any atom is 0.213 e. The Morgan fingerprint density at radius 3 is 2.56 bits per heavy atom. The van der Waals surface area contributed by atoms with Crippen LogP contribution in [-0.2, 0) is 0 Å². The van der Waals surface area contributed by atoms with E-state index in [1.807, 2.05) is 12.1 Å². The van der Waals surface area contributed by atoms with Crippen molar-refractivity contribution in [2.45, 2.75) is 25.6 Å². The number of hydrogen-bond acceptors (Lipinski definition) is 3. The smallest absolute Gasteiger partial charge is 0.213 e. The summed E-state index contributed by atoms with van der Waals surface area (Å²) in [6.07, 6.45) is 0.657. The van der Waals surface area contributed by atoms with Crippen molar-refractivity contribution in [2.24, 2.45) is 5.10 Å². The Morgan fingerprint density at radius 1 is 1.00 bits per heavy atom. The average molecular weight is 419 g/mol. The van der Waals surface area contributed by atoms with Gasteiger partial charge in [0, 0.05) is 22.0 Å². The second-order valence-corrected chi connectivity index (χ2v) is 7.99. The summed E-state index contributed by atoms with van der Waals surface area (Å²) < 4.78 is 7.47. The molecule has 0 radical (unpaired) electrons. The Labute approximate surface area is 167 Å². The highest BCUT2D eigenvalue weighted by Crippen LogP contribution is 2.48. The molecule has 134 valence electrons. The van der Waals surface area contributed by atoms with Gasteiger partial charge in [-0.25, -0.2) is 5.01 Å². The van der Waals surface area contributed by atoms with Gasteiger partial charge >= 0.3 is 0 Å². The number of rotatable bonds is 2. The number of halogens is 1. The maximum absolute atomic E-state index is 6.41. The van der Waals surface area contributed by atoms with Gasteiger partial charge in [-0.05, 0) is 30.7 Å². The lowest BCUT2D eigenvalue weighted by Gasteiger charge is -2.38. The minimum absolute atomic E-state index is 0.174. The monoisotopic (exact) mass is 418 g/mol. The molecule has 3 aromatic rings. The zero-order valence-electron chi connectivity index (χ0n) is 15.0. The van der Waals surface area contributed by atoms with Gasteiger partial charge in [0.15, 0.2) is 0 Å². The molecule has 0 unspecified atom stereocenters. The van der Waals surface area contributed by atoms with Crippen molar-refractivity contribution in [3.8, 4) is 5.75 Å². The fourth-order valence-corrected chi connectivity index (χ4v) is 4.19. The molecule has 0 spiro atoms. The Kier molecular flexibility index (Phi) is 4.01. The van der Waals surface area contributed by atoms with Crippen molar-refractivity contribution in [1.29, 1.82) is 0 Å². The van der Waals surface area contributed by atoms with Crippen LogP contribution in [0.1, 0.15) is 40.9 Å². The number of ether oxygens (including phenoxy) is 1. The molecule has 2 heterocycles. The van der Waals surface area contributed by atoms with Crippen LogP contribution in [0.25, 0.3) is 0 Å². The van der Waals surface area contributed by atoms with Crippen molar-refractivity contribution >= 4 is 21.6 Å². The van der Waals surface area contributed by atoms with E-state index in [-0.39, 0.29) is 12.3 Å². The Morgan fingerprint density at radius 2 is 1.78 bits per heavy atom. The Hall–Kier alpha value is -2.59. The van der Waals surface area contributed by atoms with Crippen molar-refractivity contribution in [2.75, 3.05) is 0 Å². The fraction of sp³-hybridized carbons (Fsp3) is 0.174. The first-order valence-electron chi connectivity index (χ1n) is 9.13. The normalized spacial score (nSPS) is 20.5. The van der Waals surface area contributed by atoms with Crippen LogP contribution in [0.3, 0.4) is 0 Å². The van der Waals surface area contributed by atoms with Gasteiger partial charge in [0.25, 0.3) is 0 Å². The van der Waals surface area contributed by atoms with Crippen LogP contribution in [0, 0.1) is 6.92 Å². The first kappa shape index (κ1) is 16.6. The van der Waals surface area contributed by atoms with Crippen LogP contribution in [0.15, 0.2) is 82.4 Å². The van der Waals surface area contributed by atoms with Gasteiger partial charge in [0.1, 0.15) is 5.75 Å². The predicted octanol–water partition coefficient (Wildman–Crippen LogP) is 6.00. The number of benzene rings is 3. The summed E-state index contributed by atoms with van der Waals surface area (Å²) in [5.74, 6) is 0.939. The van der Waals surface area contributed by atoms with E-state index in [0.717, 1.165) is 27.9 Å². The summed E-state index contributed by atoms with van der Waals surface area (Å²) >= 11 is 3.60. The highest BCUT2D eigenvalue weighted by atomic mass is 79.9. The minimum atomic E-state index is -0.217. The highest BCUT2D eigenvalue weighted by Gasteiger charge is 2.40. The van der Waals surface area contributed by atoms with E-state index in [0.29, 0.717) is 0 Å². The molecule has 2 aliphatic heterocycles. The summed E-state index contributed by atoms with van der Waals surface area (Å²) in [6, 6.07) is 25.4. The number of hydrazone groups is 1. The Bertz CT molecular complexity index is 1010. The summed E-state index contributed by atoms with van der Waals surface area (Å²) in [6.45, 7) is 2.10. The van der Waals surface area contributed by atoms with Crippen LogP contribution < -0.4 is 4.74 Å². The van der Waals surface area contributed by atoms with E-state index in [1.54, 1.807) is 0 Å². The molecule has 0 saturated heterocycles. The average Bonchev–Trinajstić information content (AvgIpc) is 3.15. The quantitative estimate of drug-likeness (QED) is 0.509. The molecular weight excluding hydrogens is 400 g/mol. The molecule has 0 N–H and O–H groups in total. The Balaban J connectivity index is 1.61. The van der Waals surface area contributed by atoms with Crippen LogP contribution in [-0.4, -0.2) is 10.7 Å². The largest absolute Gasteiger partial charge is 0.464 e. The first-order valence-corrected chi connectivity index (χ1v) is 9.92. The third-order valence-electron chi connectivity index (χ3n) is 5.22. The van der Waals surface area contributed by atoms with Gasteiger partial charge in [-0.2, -0.15) is 5.10 Å².